The molecule has 7 nitrogen and oxygen atoms in total. The summed E-state index contributed by atoms with van der Waals surface area (Å²) in [6.07, 6.45) is -43.0. The van der Waals surface area contributed by atoms with Gasteiger partial charge in [0.1, 0.15) is 0 Å². The number of esters is 2. The summed E-state index contributed by atoms with van der Waals surface area (Å²) in [6.45, 7) is -5.69. The molecule has 0 rings (SSSR count). The van der Waals surface area contributed by atoms with Gasteiger partial charge >= 0.3 is 95.4 Å². The van der Waals surface area contributed by atoms with Gasteiger partial charge in [-0.25, -0.2) is 8.78 Å². The molecule has 0 spiro atoms. The lowest BCUT2D eigenvalue weighted by Gasteiger charge is -2.43. The number of halogens is 30. The molecule has 1 N–H and O–H groups in total. The van der Waals surface area contributed by atoms with Gasteiger partial charge in [-0.1, -0.05) is 0 Å². The predicted molar refractivity (Wildman–Crippen MR) is 123 cm³/mol. The maximum atomic E-state index is 13.9. The summed E-state index contributed by atoms with van der Waals surface area (Å²) in [5.41, 5.74) is -17.4. The van der Waals surface area contributed by atoms with E-state index in [0.717, 1.165) is 0 Å². The van der Waals surface area contributed by atoms with Crippen molar-refractivity contribution in [3.63, 3.8) is 0 Å². The Bertz CT molecular complexity index is 1630. The molecule has 0 radical (unpaired) electrons. The molecule has 0 aliphatic rings. The van der Waals surface area contributed by atoms with E-state index in [-0.39, 0.29) is 0 Å². The number of carbonyl (C=O) groups excluding carboxylic acids is 2. The Hall–Kier alpha value is -3.25. The van der Waals surface area contributed by atoms with Crippen LogP contribution in [0, 0.1) is 0 Å². The van der Waals surface area contributed by atoms with Gasteiger partial charge in [-0.3, -0.25) is 14.1 Å². The van der Waals surface area contributed by atoms with Crippen LogP contribution in [0.4, 0.5) is 132 Å². The van der Waals surface area contributed by atoms with Crippen LogP contribution in [0.3, 0.4) is 0 Å². The molecule has 38 heteroatoms. The zero-order chi connectivity index (χ0) is 49.2. The SMILES string of the molecule is O=C(CC(C(=O)OCCC(F)(F)C(F)(F)C(F)(F)C(F)(F)C(F)(C(F)(F)F)C(F)(F)F)S(=O)(=O)O)OCCC(F)(F)C(F)(F)C(F)(F)C(F)(F)C(F)(C(F)(F)F)C(F)(F)F. The summed E-state index contributed by atoms with van der Waals surface area (Å²) in [5.74, 6) is -72.1. The fourth-order valence-corrected chi connectivity index (χ4v) is 4.48. The van der Waals surface area contributed by atoms with Crippen molar-refractivity contribution in [2.75, 3.05) is 13.2 Å². The van der Waals surface area contributed by atoms with Crippen LogP contribution < -0.4 is 0 Å². The lowest BCUT2D eigenvalue weighted by Crippen LogP contribution is -2.75. The molecule has 0 bridgehead atoms. The number of carbonyl (C=O) groups is 2. The summed E-state index contributed by atoms with van der Waals surface area (Å²) in [4.78, 5) is 23.5. The van der Waals surface area contributed by atoms with Crippen LogP contribution in [0.5, 0.6) is 0 Å². The largest absolute Gasteiger partial charge is 0.465 e. The van der Waals surface area contributed by atoms with E-state index >= 15 is 0 Å². The molecular formula is C22H12F30O7S. The first-order valence-electron chi connectivity index (χ1n) is 13.6. The monoisotopic (exact) mass is 990 g/mol. The molecule has 0 aromatic rings. The van der Waals surface area contributed by atoms with Crippen LogP contribution in [-0.4, -0.2) is 127 Å². The van der Waals surface area contributed by atoms with Gasteiger partial charge in [-0.05, 0) is 0 Å². The molecule has 358 valence electrons. The third-order valence-corrected chi connectivity index (χ3v) is 8.32. The molecule has 0 aromatic carbocycles. The Morgan fingerprint density at radius 3 is 0.900 bits per heavy atom. The minimum absolute atomic E-state index is 2.64. The highest BCUT2D eigenvalue weighted by Crippen LogP contribution is 2.66. The van der Waals surface area contributed by atoms with E-state index in [1.54, 1.807) is 0 Å². The maximum absolute atomic E-state index is 13.9. The van der Waals surface area contributed by atoms with E-state index in [1.807, 2.05) is 0 Å². The van der Waals surface area contributed by atoms with Gasteiger partial charge in [0, 0.05) is 0 Å². The molecule has 0 saturated carbocycles. The summed E-state index contributed by atoms with van der Waals surface area (Å²) in [5, 5.41) is -3.89. The lowest BCUT2D eigenvalue weighted by molar-refractivity contribution is -0.457. The Morgan fingerprint density at radius 2 is 0.667 bits per heavy atom. The highest BCUT2D eigenvalue weighted by Gasteiger charge is 2.97. The normalized spacial score (nSPS) is 16.4. The summed E-state index contributed by atoms with van der Waals surface area (Å²) < 4.78 is 437. The van der Waals surface area contributed by atoms with Crippen molar-refractivity contribution in [1.29, 1.82) is 0 Å². The van der Waals surface area contributed by atoms with Crippen molar-refractivity contribution in [2.45, 2.75) is 108 Å². The van der Waals surface area contributed by atoms with E-state index in [1.165, 1.54) is 0 Å². The zero-order valence-electron chi connectivity index (χ0n) is 26.8. The highest BCUT2D eigenvalue weighted by molar-refractivity contribution is 7.87. The van der Waals surface area contributed by atoms with Crippen LogP contribution in [0.25, 0.3) is 0 Å². The highest BCUT2D eigenvalue weighted by atomic mass is 32.2. The van der Waals surface area contributed by atoms with E-state index < -0.39 is 143 Å². The van der Waals surface area contributed by atoms with Gasteiger partial charge in [0.2, 0.25) is 0 Å². The third kappa shape index (κ3) is 8.98. The van der Waals surface area contributed by atoms with Crippen molar-refractivity contribution in [1.82, 2.24) is 0 Å². The fourth-order valence-electron chi connectivity index (χ4n) is 3.82. The number of hydrogen-bond acceptors (Lipinski definition) is 6. The first-order valence-corrected chi connectivity index (χ1v) is 15.1. The molecule has 1 unspecified atom stereocenters. The van der Waals surface area contributed by atoms with Crippen molar-refractivity contribution in [3.05, 3.63) is 0 Å². The van der Waals surface area contributed by atoms with Crippen LogP contribution >= 0.6 is 0 Å². The van der Waals surface area contributed by atoms with Crippen LogP contribution in [-0.2, 0) is 29.2 Å². The van der Waals surface area contributed by atoms with Crippen molar-refractivity contribution < 1.29 is 164 Å². The average Bonchev–Trinajstić information content (AvgIpc) is 2.98. The van der Waals surface area contributed by atoms with Crippen molar-refractivity contribution >= 4 is 22.1 Å². The topological polar surface area (TPSA) is 107 Å². The Morgan fingerprint density at radius 1 is 0.417 bits per heavy atom. The third-order valence-electron chi connectivity index (χ3n) is 7.24. The molecule has 0 aliphatic heterocycles. The van der Waals surface area contributed by atoms with Crippen molar-refractivity contribution in [3.8, 4) is 0 Å². The standard InChI is InChI=1S/C22H12F30O7S/c23-9(24,13(29,30)17(37,38)15(33,34)11(27,19(41,42)43)20(44,45)46)1-3-58-7(53)5-6(60(55,56)57)8(54)59-4-2-10(25,26)14(31,32)18(39,40)16(35,36)12(28,21(47,48)49)22(50,51)52/h6H,1-5H2,(H,55,56,57). The molecule has 0 amide bonds. The van der Waals surface area contributed by atoms with Crippen molar-refractivity contribution in [2.24, 2.45) is 0 Å². The molecule has 0 aromatic heterocycles. The quantitative estimate of drug-likeness (QED) is 0.0830. The summed E-state index contributed by atoms with van der Waals surface area (Å²) in [7, 11) is -6.45. The minimum atomic E-state index is -8.91. The molecular weight excluding hydrogens is 978 g/mol. The van der Waals surface area contributed by atoms with E-state index in [2.05, 4.69) is 9.47 Å². The molecule has 60 heavy (non-hydrogen) atoms. The Kier molecular flexibility index (Phi) is 15.0. The Labute approximate surface area is 308 Å². The Balaban J connectivity index is 6.21. The van der Waals surface area contributed by atoms with Gasteiger partial charge in [-0.2, -0.15) is 131 Å². The fraction of sp³-hybridized carbons (Fsp3) is 0.909. The number of alkyl halides is 30. The van der Waals surface area contributed by atoms with Crippen LogP contribution in [0.15, 0.2) is 0 Å². The van der Waals surface area contributed by atoms with Gasteiger partial charge in [-0.15, -0.1) is 0 Å². The van der Waals surface area contributed by atoms with Crippen LogP contribution in [0.1, 0.15) is 19.3 Å². The first-order chi connectivity index (χ1) is 25.6. The second-order valence-corrected chi connectivity index (χ2v) is 12.9. The molecule has 0 fully saturated rings. The van der Waals surface area contributed by atoms with Gasteiger partial charge in [0.05, 0.1) is 32.5 Å². The lowest BCUT2D eigenvalue weighted by atomic mass is 9.85. The van der Waals surface area contributed by atoms with E-state index in [4.69, 9.17) is 4.55 Å². The molecule has 0 aliphatic carbocycles. The minimum Gasteiger partial charge on any atom is -0.465 e. The molecule has 0 saturated heterocycles. The number of ether oxygens (including phenoxy) is 2. The maximum Gasteiger partial charge on any atom is 0.438 e. The van der Waals surface area contributed by atoms with Crippen LogP contribution in [0.2, 0.25) is 0 Å². The smallest absolute Gasteiger partial charge is 0.438 e. The second-order valence-electron chi connectivity index (χ2n) is 11.3. The second kappa shape index (κ2) is 15.8. The van der Waals surface area contributed by atoms with Gasteiger partial charge in [0.15, 0.2) is 5.25 Å². The van der Waals surface area contributed by atoms with E-state index in [9.17, 15) is 150 Å². The van der Waals surface area contributed by atoms with Gasteiger partial charge < -0.3 is 9.47 Å². The molecule has 1 atom stereocenters. The zero-order valence-corrected chi connectivity index (χ0v) is 27.6. The number of rotatable bonds is 18. The summed E-state index contributed by atoms with van der Waals surface area (Å²) in [6, 6.07) is 0. The molecule has 0 heterocycles. The first kappa shape index (κ1) is 56.8. The summed E-state index contributed by atoms with van der Waals surface area (Å²) >= 11 is 0. The van der Waals surface area contributed by atoms with Gasteiger partial charge in [0.25, 0.3) is 10.1 Å². The number of hydrogen-bond donors (Lipinski definition) is 1. The van der Waals surface area contributed by atoms with E-state index in [0.29, 0.717) is 0 Å². The predicted octanol–water partition coefficient (Wildman–Crippen LogP) is 9.25. The average molecular weight is 990 g/mol.